The minimum absolute atomic E-state index is 0.223. The van der Waals surface area contributed by atoms with E-state index < -0.39 is 0 Å². The third kappa shape index (κ3) is 4.17. The number of likely N-dealkylation sites (tertiary alicyclic amines) is 1. The predicted molar refractivity (Wildman–Crippen MR) is 94.1 cm³/mol. The molecular formula is C19H22N4O3. The van der Waals surface area contributed by atoms with Crippen LogP contribution >= 0.6 is 0 Å². The van der Waals surface area contributed by atoms with E-state index in [4.69, 9.17) is 13.7 Å². The van der Waals surface area contributed by atoms with Crippen molar-refractivity contribution in [3.05, 3.63) is 54.1 Å². The fourth-order valence-electron chi connectivity index (χ4n) is 3.15. The van der Waals surface area contributed by atoms with Gasteiger partial charge in [0.2, 0.25) is 5.82 Å². The van der Waals surface area contributed by atoms with E-state index in [2.05, 4.69) is 20.0 Å². The van der Waals surface area contributed by atoms with Crippen LogP contribution in [0, 0.1) is 6.92 Å². The highest BCUT2D eigenvalue weighted by molar-refractivity contribution is 5.52. The quantitative estimate of drug-likeness (QED) is 0.672. The maximum atomic E-state index is 5.96. The molecular weight excluding hydrogens is 332 g/mol. The molecule has 0 aliphatic carbocycles. The molecule has 4 heterocycles. The number of hydrogen-bond donors (Lipinski definition) is 0. The average molecular weight is 354 g/mol. The number of hydrogen-bond acceptors (Lipinski definition) is 7. The lowest BCUT2D eigenvalue weighted by molar-refractivity contribution is -0.0146. The summed E-state index contributed by atoms with van der Waals surface area (Å²) < 4.78 is 16.9. The number of piperidine rings is 1. The molecule has 0 unspecified atom stereocenters. The van der Waals surface area contributed by atoms with Crippen LogP contribution in [0.3, 0.4) is 0 Å². The molecule has 1 aliphatic rings. The lowest BCUT2D eigenvalue weighted by Crippen LogP contribution is -2.36. The third-order valence-electron chi connectivity index (χ3n) is 4.56. The van der Waals surface area contributed by atoms with E-state index in [1.165, 1.54) is 0 Å². The number of aromatic nitrogens is 3. The molecule has 7 nitrogen and oxygen atoms in total. The van der Waals surface area contributed by atoms with Crippen molar-refractivity contribution in [2.75, 3.05) is 13.1 Å². The molecule has 0 saturated carbocycles. The van der Waals surface area contributed by atoms with Crippen LogP contribution in [0.2, 0.25) is 0 Å². The second kappa shape index (κ2) is 7.80. The van der Waals surface area contributed by atoms with Gasteiger partial charge < -0.3 is 13.7 Å². The maximum absolute atomic E-state index is 5.96. The molecule has 7 heteroatoms. The first kappa shape index (κ1) is 16.9. The summed E-state index contributed by atoms with van der Waals surface area (Å²) in [6.45, 7) is 5.17. The van der Waals surface area contributed by atoms with Gasteiger partial charge in [-0.3, -0.25) is 9.88 Å². The molecule has 0 aromatic carbocycles. The second-order valence-electron chi connectivity index (χ2n) is 6.55. The Hall–Kier alpha value is -2.51. The summed E-state index contributed by atoms with van der Waals surface area (Å²) in [6, 6.07) is 7.77. The van der Waals surface area contributed by atoms with E-state index in [1.807, 2.05) is 31.2 Å². The van der Waals surface area contributed by atoms with E-state index in [0.717, 1.165) is 49.6 Å². The van der Waals surface area contributed by atoms with Crippen LogP contribution in [-0.2, 0) is 17.9 Å². The summed E-state index contributed by atoms with van der Waals surface area (Å²) in [7, 11) is 0. The molecule has 4 rings (SSSR count). The SMILES string of the molecule is Cc1ccc(CN2CCC(OCc3nc(-c4ccncc4)no3)CC2)o1. The second-order valence-corrected chi connectivity index (χ2v) is 6.55. The van der Waals surface area contributed by atoms with Crippen molar-refractivity contribution in [3.8, 4) is 11.4 Å². The Bertz CT molecular complexity index is 822. The van der Waals surface area contributed by atoms with E-state index >= 15 is 0 Å². The molecule has 1 fully saturated rings. The number of nitrogens with zero attached hydrogens (tertiary/aromatic N) is 4. The molecule has 136 valence electrons. The van der Waals surface area contributed by atoms with E-state index in [0.29, 0.717) is 18.3 Å². The highest BCUT2D eigenvalue weighted by atomic mass is 16.5. The summed E-state index contributed by atoms with van der Waals surface area (Å²) >= 11 is 0. The van der Waals surface area contributed by atoms with Gasteiger partial charge in [-0.05, 0) is 44.0 Å². The molecule has 1 saturated heterocycles. The van der Waals surface area contributed by atoms with Gasteiger partial charge >= 0.3 is 0 Å². The van der Waals surface area contributed by atoms with Gasteiger partial charge in [0.25, 0.3) is 5.89 Å². The molecule has 0 radical (unpaired) electrons. The van der Waals surface area contributed by atoms with Crippen LogP contribution in [0.1, 0.15) is 30.3 Å². The van der Waals surface area contributed by atoms with Gasteiger partial charge in [0.05, 0.1) is 12.6 Å². The summed E-state index contributed by atoms with van der Waals surface area (Å²) in [4.78, 5) is 10.8. The molecule has 0 bridgehead atoms. The van der Waals surface area contributed by atoms with Gasteiger partial charge in [0, 0.05) is 31.0 Å². The lowest BCUT2D eigenvalue weighted by Gasteiger charge is -2.30. The minimum Gasteiger partial charge on any atom is -0.465 e. The van der Waals surface area contributed by atoms with E-state index in [-0.39, 0.29) is 6.10 Å². The van der Waals surface area contributed by atoms with Crippen molar-refractivity contribution in [2.45, 2.75) is 39.0 Å². The Morgan fingerprint density at radius 2 is 1.96 bits per heavy atom. The van der Waals surface area contributed by atoms with E-state index in [9.17, 15) is 0 Å². The van der Waals surface area contributed by atoms with Crippen molar-refractivity contribution < 1.29 is 13.7 Å². The monoisotopic (exact) mass is 354 g/mol. The molecule has 0 spiro atoms. The van der Waals surface area contributed by atoms with Crippen molar-refractivity contribution in [1.29, 1.82) is 0 Å². The summed E-state index contributed by atoms with van der Waals surface area (Å²) in [5.74, 6) is 3.06. The molecule has 3 aromatic heterocycles. The fraction of sp³-hybridized carbons (Fsp3) is 0.421. The molecule has 3 aromatic rings. The Labute approximate surface area is 152 Å². The maximum Gasteiger partial charge on any atom is 0.252 e. The topological polar surface area (TPSA) is 77.4 Å². The summed E-state index contributed by atoms with van der Waals surface area (Å²) in [5.41, 5.74) is 0.886. The molecule has 1 aliphatic heterocycles. The molecule has 26 heavy (non-hydrogen) atoms. The number of furan rings is 1. The molecule has 0 N–H and O–H groups in total. The first-order chi connectivity index (χ1) is 12.8. The normalized spacial score (nSPS) is 16.2. The van der Waals surface area contributed by atoms with Crippen LogP contribution in [0.25, 0.3) is 11.4 Å². The number of aryl methyl sites for hydroxylation is 1. The van der Waals surface area contributed by atoms with E-state index in [1.54, 1.807) is 12.4 Å². The van der Waals surface area contributed by atoms with Crippen LogP contribution < -0.4 is 0 Å². The molecule has 0 amide bonds. The van der Waals surface area contributed by atoms with Crippen LogP contribution in [0.5, 0.6) is 0 Å². The van der Waals surface area contributed by atoms with Crippen LogP contribution in [0.4, 0.5) is 0 Å². The first-order valence-corrected chi connectivity index (χ1v) is 8.88. The van der Waals surface area contributed by atoms with Crippen molar-refractivity contribution >= 4 is 0 Å². The fourth-order valence-corrected chi connectivity index (χ4v) is 3.15. The number of pyridine rings is 1. The Balaban J connectivity index is 1.23. The first-order valence-electron chi connectivity index (χ1n) is 8.88. The average Bonchev–Trinajstić information content (AvgIpc) is 3.31. The summed E-state index contributed by atoms with van der Waals surface area (Å²) in [5, 5.41) is 4.00. The highest BCUT2D eigenvalue weighted by Crippen LogP contribution is 2.19. The Morgan fingerprint density at radius 1 is 1.15 bits per heavy atom. The smallest absolute Gasteiger partial charge is 0.252 e. The zero-order chi connectivity index (χ0) is 17.8. The summed E-state index contributed by atoms with van der Waals surface area (Å²) in [6.07, 6.45) is 5.62. The Kier molecular flexibility index (Phi) is 5.08. The Morgan fingerprint density at radius 3 is 2.69 bits per heavy atom. The van der Waals surface area contributed by atoms with Crippen LogP contribution in [0.15, 0.2) is 45.6 Å². The van der Waals surface area contributed by atoms with Gasteiger partial charge in [0.1, 0.15) is 18.1 Å². The van der Waals surface area contributed by atoms with Gasteiger partial charge in [-0.15, -0.1) is 0 Å². The van der Waals surface area contributed by atoms with Gasteiger partial charge in [-0.2, -0.15) is 4.98 Å². The van der Waals surface area contributed by atoms with Gasteiger partial charge in [0.15, 0.2) is 0 Å². The predicted octanol–water partition coefficient (Wildman–Crippen LogP) is 3.21. The zero-order valence-electron chi connectivity index (χ0n) is 14.8. The third-order valence-corrected chi connectivity index (χ3v) is 4.56. The largest absolute Gasteiger partial charge is 0.465 e. The van der Waals surface area contributed by atoms with Crippen molar-refractivity contribution in [3.63, 3.8) is 0 Å². The highest BCUT2D eigenvalue weighted by Gasteiger charge is 2.21. The van der Waals surface area contributed by atoms with Crippen molar-refractivity contribution in [2.24, 2.45) is 0 Å². The van der Waals surface area contributed by atoms with Crippen molar-refractivity contribution in [1.82, 2.24) is 20.0 Å². The number of rotatable bonds is 6. The molecule has 0 atom stereocenters. The van der Waals surface area contributed by atoms with Gasteiger partial charge in [-0.1, -0.05) is 5.16 Å². The lowest BCUT2D eigenvalue weighted by atomic mass is 10.1. The zero-order valence-corrected chi connectivity index (χ0v) is 14.8. The minimum atomic E-state index is 0.223. The standard InChI is InChI=1S/C19H22N4O3/c1-14-2-3-17(25-14)12-23-10-6-16(7-11-23)24-13-18-21-19(22-26-18)15-4-8-20-9-5-15/h2-5,8-9,16H,6-7,10-13H2,1H3. The van der Waals surface area contributed by atoms with Crippen LogP contribution in [-0.4, -0.2) is 39.2 Å². The van der Waals surface area contributed by atoms with Gasteiger partial charge in [-0.25, -0.2) is 0 Å². The number of ether oxygens (including phenoxy) is 1.